The third-order valence-electron chi connectivity index (χ3n) is 1.92. The van der Waals surface area contributed by atoms with Gasteiger partial charge in [-0.25, -0.2) is 0 Å². The molecule has 15 heavy (non-hydrogen) atoms. The lowest BCUT2D eigenvalue weighted by Gasteiger charge is -2.11. The molecule has 0 aliphatic rings. The van der Waals surface area contributed by atoms with Crippen LogP contribution in [0.5, 0.6) is 0 Å². The van der Waals surface area contributed by atoms with E-state index in [0.717, 1.165) is 32.0 Å². The molecule has 90 valence electrons. The van der Waals surface area contributed by atoms with E-state index in [-0.39, 0.29) is 0 Å². The molecule has 0 spiro atoms. The van der Waals surface area contributed by atoms with E-state index in [1.807, 2.05) is 0 Å². The van der Waals surface area contributed by atoms with Crippen molar-refractivity contribution in [1.29, 1.82) is 0 Å². The molecule has 0 radical (unpaired) electrons. The molecule has 4 heteroatoms. The third-order valence-corrected chi connectivity index (χ3v) is 1.92. The second kappa shape index (κ2) is 9.77. The number of ether oxygens (including phenoxy) is 1. The lowest BCUT2D eigenvalue weighted by molar-refractivity contribution is 0.203. The van der Waals surface area contributed by atoms with Crippen LogP contribution < -0.4 is 10.6 Å². The van der Waals surface area contributed by atoms with Gasteiger partial charge >= 0.3 is 0 Å². The minimum atomic E-state index is 0.703. The molecule has 0 aliphatic heterocycles. The fraction of sp³-hybridized carbons (Fsp3) is 0.909. The number of rotatable bonds is 7. The first-order valence-corrected chi connectivity index (χ1v) is 5.71. The summed E-state index contributed by atoms with van der Waals surface area (Å²) in [5, 5.41) is 6.41. The summed E-state index contributed by atoms with van der Waals surface area (Å²) in [6, 6.07) is 0. The van der Waals surface area contributed by atoms with Crippen LogP contribution in [0.25, 0.3) is 0 Å². The number of nitrogens with zero attached hydrogens (tertiary/aromatic N) is 1. The maximum Gasteiger partial charge on any atom is 0.191 e. The zero-order valence-electron chi connectivity index (χ0n) is 10.5. The lowest BCUT2D eigenvalue weighted by atomic mass is 10.1. The average molecular weight is 215 g/mol. The topological polar surface area (TPSA) is 45.7 Å². The van der Waals surface area contributed by atoms with E-state index >= 15 is 0 Å². The molecule has 0 atom stereocenters. The molecule has 2 N–H and O–H groups in total. The first-order chi connectivity index (χ1) is 7.20. The molecule has 0 aromatic heterocycles. The summed E-state index contributed by atoms with van der Waals surface area (Å²) in [5.41, 5.74) is 0. The summed E-state index contributed by atoms with van der Waals surface area (Å²) in [4.78, 5) is 4.46. The van der Waals surface area contributed by atoms with Gasteiger partial charge in [-0.05, 0) is 19.3 Å². The van der Waals surface area contributed by atoms with Gasteiger partial charge in [-0.1, -0.05) is 13.8 Å². The van der Waals surface area contributed by atoms with Gasteiger partial charge in [0.1, 0.15) is 0 Å². The molecule has 0 fully saturated rings. The highest BCUT2D eigenvalue weighted by molar-refractivity contribution is 5.79. The first-order valence-electron chi connectivity index (χ1n) is 5.71. The van der Waals surface area contributed by atoms with Crippen LogP contribution in [0.15, 0.2) is 4.99 Å². The van der Waals surface area contributed by atoms with E-state index in [1.165, 1.54) is 0 Å². The van der Waals surface area contributed by atoms with Crippen molar-refractivity contribution in [2.45, 2.75) is 27.2 Å². The van der Waals surface area contributed by atoms with Crippen molar-refractivity contribution < 1.29 is 4.74 Å². The monoisotopic (exact) mass is 215 g/mol. The van der Waals surface area contributed by atoms with E-state index in [2.05, 4.69) is 36.4 Å². The predicted molar refractivity (Wildman–Crippen MR) is 65.3 cm³/mol. The molecule has 0 amide bonds. The average Bonchev–Trinajstić information content (AvgIpc) is 2.17. The van der Waals surface area contributed by atoms with Crippen LogP contribution in [-0.4, -0.2) is 39.3 Å². The maximum absolute atomic E-state index is 4.97. The molecular weight excluding hydrogens is 190 g/mol. The van der Waals surface area contributed by atoms with Crippen molar-refractivity contribution in [3.05, 3.63) is 0 Å². The van der Waals surface area contributed by atoms with Crippen LogP contribution in [0, 0.1) is 5.92 Å². The van der Waals surface area contributed by atoms with Gasteiger partial charge in [-0.15, -0.1) is 0 Å². The standard InChI is InChI=1S/C11H25N3O/c1-5-12-11(14-8-9-15-4)13-7-6-10(2)3/h10H,5-9H2,1-4H3,(H2,12,13,14). The summed E-state index contributed by atoms with van der Waals surface area (Å²) in [6.07, 6.45) is 1.13. The second-order valence-corrected chi connectivity index (χ2v) is 3.86. The van der Waals surface area contributed by atoms with Crippen LogP contribution in [-0.2, 0) is 4.74 Å². The molecule has 0 heterocycles. The Morgan fingerprint density at radius 3 is 2.60 bits per heavy atom. The highest BCUT2D eigenvalue weighted by Gasteiger charge is 1.96. The lowest BCUT2D eigenvalue weighted by Crippen LogP contribution is -2.39. The van der Waals surface area contributed by atoms with Crippen molar-refractivity contribution >= 4 is 5.96 Å². The highest BCUT2D eigenvalue weighted by Crippen LogP contribution is 1.98. The summed E-state index contributed by atoms with van der Waals surface area (Å²) >= 11 is 0. The minimum absolute atomic E-state index is 0.703. The molecule has 0 saturated carbocycles. The van der Waals surface area contributed by atoms with Gasteiger partial charge in [0.05, 0.1) is 6.61 Å². The Balaban J connectivity index is 3.78. The number of hydrogen-bond donors (Lipinski definition) is 2. The molecule has 0 aromatic carbocycles. The van der Waals surface area contributed by atoms with Crippen molar-refractivity contribution in [1.82, 2.24) is 10.6 Å². The largest absolute Gasteiger partial charge is 0.383 e. The van der Waals surface area contributed by atoms with Crippen molar-refractivity contribution in [2.24, 2.45) is 10.9 Å². The molecule has 0 unspecified atom stereocenters. The van der Waals surface area contributed by atoms with Crippen LogP contribution in [0.2, 0.25) is 0 Å². The van der Waals surface area contributed by atoms with Crippen LogP contribution in [0.3, 0.4) is 0 Å². The minimum Gasteiger partial charge on any atom is -0.383 e. The number of hydrogen-bond acceptors (Lipinski definition) is 2. The molecule has 0 aliphatic carbocycles. The van der Waals surface area contributed by atoms with E-state index < -0.39 is 0 Å². The van der Waals surface area contributed by atoms with E-state index in [0.29, 0.717) is 12.5 Å². The maximum atomic E-state index is 4.97. The number of methoxy groups -OCH3 is 1. The van der Waals surface area contributed by atoms with Crippen LogP contribution >= 0.6 is 0 Å². The smallest absolute Gasteiger partial charge is 0.191 e. The number of aliphatic imine (C=N–C) groups is 1. The Kier molecular flexibility index (Phi) is 9.27. The summed E-state index contributed by atoms with van der Waals surface area (Å²) in [6.45, 7) is 9.75. The second-order valence-electron chi connectivity index (χ2n) is 3.86. The zero-order chi connectivity index (χ0) is 11.5. The Bertz CT molecular complexity index is 169. The fourth-order valence-electron chi connectivity index (χ4n) is 1.05. The summed E-state index contributed by atoms with van der Waals surface area (Å²) < 4.78 is 4.97. The summed E-state index contributed by atoms with van der Waals surface area (Å²) in [7, 11) is 1.70. The van der Waals surface area contributed by atoms with Gasteiger partial charge < -0.3 is 15.4 Å². The molecular formula is C11H25N3O. The highest BCUT2D eigenvalue weighted by atomic mass is 16.5. The van der Waals surface area contributed by atoms with Gasteiger partial charge in [0.25, 0.3) is 0 Å². The van der Waals surface area contributed by atoms with Crippen LogP contribution in [0.4, 0.5) is 0 Å². The van der Waals surface area contributed by atoms with Crippen LogP contribution in [0.1, 0.15) is 27.2 Å². The van der Waals surface area contributed by atoms with E-state index in [1.54, 1.807) is 7.11 Å². The SMILES string of the molecule is CCNC(=NCCC(C)C)NCCOC. The van der Waals surface area contributed by atoms with Gasteiger partial charge in [0, 0.05) is 26.7 Å². The van der Waals surface area contributed by atoms with Gasteiger partial charge in [0.15, 0.2) is 5.96 Å². The van der Waals surface area contributed by atoms with Crippen molar-refractivity contribution in [3.8, 4) is 0 Å². The Morgan fingerprint density at radius 2 is 2.07 bits per heavy atom. The molecule has 0 bridgehead atoms. The fourth-order valence-corrected chi connectivity index (χ4v) is 1.05. The van der Waals surface area contributed by atoms with Gasteiger partial charge in [-0.3, -0.25) is 4.99 Å². The zero-order valence-corrected chi connectivity index (χ0v) is 10.5. The predicted octanol–water partition coefficient (Wildman–Crippen LogP) is 1.23. The Morgan fingerprint density at radius 1 is 1.33 bits per heavy atom. The van der Waals surface area contributed by atoms with E-state index in [9.17, 15) is 0 Å². The normalized spacial score (nSPS) is 11.9. The Labute approximate surface area is 93.5 Å². The van der Waals surface area contributed by atoms with Gasteiger partial charge in [0.2, 0.25) is 0 Å². The van der Waals surface area contributed by atoms with E-state index in [4.69, 9.17) is 4.74 Å². The quantitative estimate of drug-likeness (QED) is 0.381. The first kappa shape index (κ1) is 14.2. The molecule has 0 aromatic rings. The molecule has 0 saturated heterocycles. The Hall–Kier alpha value is -0.770. The van der Waals surface area contributed by atoms with Crippen molar-refractivity contribution in [3.63, 3.8) is 0 Å². The number of nitrogens with one attached hydrogen (secondary N) is 2. The number of guanidine groups is 1. The third kappa shape index (κ3) is 9.53. The van der Waals surface area contributed by atoms with Gasteiger partial charge in [-0.2, -0.15) is 0 Å². The van der Waals surface area contributed by atoms with Crippen molar-refractivity contribution in [2.75, 3.05) is 33.4 Å². The molecule has 4 nitrogen and oxygen atoms in total. The molecule has 0 rings (SSSR count). The summed E-state index contributed by atoms with van der Waals surface area (Å²) in [5.74, 6) is 1.59.